The van der Waals surface area contributed by atoms with E-state index >= 15 is 0 Å². The Kier molecular flexibility index (Phi) is 3.11. The molecule has 0 bridgehead atoms. The number of hydrogen-bond acceptors (Lipinski definition) is 3. The van der Waals surface area contributed by atoms with Crippen LogP contribution in [0.1, 0.15) is 11.3 Å². The maximum atomic E-state index is 5.91. The average Bonchev–Trinajstić information content (AvgIpc) is 2.48. The zero-order chi connectivity index (χ0) is 12.6. The van der Waals surface area contributed by atoms with Gasteiger partial charge in [0.15, 0.2) is 0 Å². The van der Waals surface area contributed by atoms with E-state index in [1.807, 2.05) is 39.1 Å². The number of halogens is 1. The average molecular weight is 296 g/mol. The molecule has 0 spiro atoms. The standard InChI is InChI=1S/C12H14BrN3O/c1-7-6-9(13)4-5-10(7)17-12-11(14)8(2)15-16(12)3/h4-6H,14H2,1-3H3. The minimum absolute atomic E-state index is 0.577. The highest BCUT2D eigenvalue weighted by Crippen LogP contribution is 2.31. The van der Waals surface area contributed by atoms with E-state index in [0.29, 0.717) is 11.6 Å². The maximum absolute atomic E-state index is 5.91. The molecule has 2 rings (SSSR count). The number of aryl methyl sites for hydroxylation is 3. The third kappa shape index (κ3) is 2.29. The van der Waals surface area contributed by atoms with Crippen LogP contribution in [0.2, 0.25) is 0 Å². The van der Waals surface area contributed by atoms with Crippen molar-refractivity contribution in [1.82, 2.24) is 9.78 Å². The SMILES string of the molecule is Cc1cc(Br)ccc1Oc1c(N)c(C)nn1C. The van der Waals surface area contributed by atoms with Gasteiger partial charge in [0.2, 0.25) is 5.88 Å². The molecule has 0 atom stereocenters. The predicted molar refractivity (Wildman–Crippen MR) is 71.3 cm³/mol. The number of aromatic nitrogens is 2. The van der Waals surface area contributed by atoms with E-state index in [9.17, 15) is 0 Å². The molecular formula is C12H14BrN3O. The number of nitrogen functional groups attached to an aromatic ring is 1. The molecule has 1 heterocycles. The minimum Gasteiger partial charge on any atom is -0.437 e. The van der Waals surface area contributed by atoms with Crippen molar-refractivity contribution in [2.45, 2.75) is 13.8 Å². The molecule has 4 nitrogen and oxygen atoms in total. The summed E-state index contributed by atoms with van der Waals surface area (Å²) < 4.78 is 8.47. The fourth-order valence-corrected chi connectivity index (χ4v) is 2.08. The lowest BCUT2D eigenvalue weighted by molar-refractivity contribution is 0.429. The van der Waals surface area contributed by atoms with E-state index < -0.39 is 0 Å². The summed E-state index contributed by atoms with van der Waals surface area (Å²) in [7, 11) is 1.81. The summed E-state index contributed by atoms with van der Waals surface area (Å²) in [5.74, 6) is 1.36. The Bertz CT molecular complexity index is 563. The lowest BCUT2D eigenvalue weighted by atomic mass is 10.2. The monoisotopic (exact) mass is 295 g/mol. The molecule has 0 saturated heterocycles. The smallest absolute Gasteiger partial charge is 0.241 e. The zero-order valence-electron chi connectivity index (χ0n) is 9.99. The Morgan fingerprint density at radius 1 is 1.35 bits per heavy atom. The normalized spacial score (nSPS) is 10.6. The molecule has 2 aromatic rings. The molecule has 1 aromatic carbocycles. The number of benzene rings is 1. The molecule has 0 unspecified atom stereocenters. The van der Waals surface area contributed by atoms with Crippen molar-refractivity contribution in [3.8, 4) is 11.6 Å². The highest BCUT2D eigenvalue weighted by Gasteiger charge is 2.13. The molecule has 90 valence electrons. The minimum atomic E-state index is 0.577. The number of ether oxygens (including phenoxy) is 1. The molecule has 0 aliphatic rings. The van der Waals surface area contributed by atoms with Crippen molar-refractivity contribution in [1.29, 1.82) is 0 Å². The molecule has 0 amide bonds. The fraction of sp³-hybridized carbons (Fsp3) is 0.250. The van der Waals surface area contributed by atoms with Gasteiger partial charge in [-0.15, -0.1) is 0 Å². The predicted octanol–water partition coefficient (Wildman–Crippen LogP) is 3.17. The van der Waals surface area contributed by atoms with Crippen LogP contribution < -0.4 is 10.5 Å². The van der Waals surface area contributed by atoms with Crippen LogP contribution in [0.25, 0.3) is 0 Å². The molecular weight excluding hydrogens is 282 g/mol. The van der Waals surface area contributed by atoms with Gasteiger partial charge in [-0.2, -0.15) is 5.10 Å². The van der Waals surface area contributed by atoms with Crippen LogP contribution in [0.15, 0.2) is 22.7 Å². The van der Waals surface area contributed by atoms with Crippen LogP contribution in [0.4, 0.5) is 5.69 Å². The first kappa shape index (κ1) is 12.0. The van der Waals surface area contributed by atoms with Crippen molar-refractivity contribution < 1.29 is 4.74 Å². The zero-order valence-corrected chi connectivity index (χ0v) is 11.6. The van der Waals surface area contributed by atoms with E-state index in [2.05, 4.69) is 21.0 Å². The molecule has 0 saturated carbocycles. The second kappa shape index (κ2) is 4.41. The van der Waals surface area contributed by atoms with E-state index in [-0.39, 0.29) is 0 Å². The Morgan fingerprint density at radius 3 is 2.59 bits per heavy atom. The first-order valence-electron chi connectivity index (χ1n) is 5.22. The number of nitrogens with zero attached hydrogens (tertiary/aromatic N) is 2. The van der Waals surface area contributed by atoms with E-state index in [1.54, 1.807) is 4.68 Å². The van der Waals surface area contributed by atoms with Crippen LogP contribution in [0, 0.1) is 13.8 Å². The Balaban J connectivity index is 2.38. The lowest BCUT2D eigenvalue weighted by Gasteiger charge is -2.09. The molecule has 5 heteroatoms. The van der Waals surface area contributed by atoms with Gasteiger partial charge in [-0.3, -0.25) is 0 Å². The van der Waals surface area contributed by atoms with Crippen LogP contribution in [0.5, 0.6) is 11.6 Å². The largest absolute Gasteiger partial charge is 0.437 e. The van der Waals surface area contributed by atoms with Crippen LogP contribution >= 0.6 is 15.9 Å². The van der Waals surface area contributed by atoms with Gasteiger partial charge in [-0.1, -0.05) is 15.9 Å². The Hall–Kier alpha value is -1.49. The lowest BCUT2D eigenvalue weighted by Crippen LogP contribution is -1.98. The number of rotatable bonds is 2. The summed E-state index contributed by atoms with van der Waals surface area (Å²) >= 11 is 3.42. The first-order chi connectivity index (χ1) is 7.99. The van der Waals surface area contributed by atoms with Crippen molar-refractivity contribution >= 4 is 21.6 Å². The van der Waals surface area contributed by atoms with Gasteiger partial charge < -0.3 is 10.5 Å². The second-order valence-electron chi connectivity index (χ2n) is 3.94. The highest BCUT2D eigenvalue weighted by atomic mass is 79.9. The number of nitrogens with two attached hydrogens (primary N) is 1. The van der Waals surface area contributed by atoms with Gasteiger partial charge >= 0.3 is 0 Å². The maximum Gasteiger partial charge on any atom is 0.241 e. The van der Waals surface area contributed by atoms with Crippen molar-refractivity contribution in [3.05, 3.63) is 33.9 Å². The van der Waals surface area contributed by atoms with Gasteiger partial charge in [-0.05, 0) is 37.6 Å². The summed E-state index contributed by atoms with van der Waals surface area (Å²) in [5, 5.41) is 4.21. The molecule has 1 aromatic heterocycles. The van der Waals surface area contributed by atoms with E-state index in [4.69, 9.17) is 10.5 Å². The van der Waals surface area contributed by atoms with Gasteiger partial charge in [0.1, 0.15) is 11.4 Å². The fourth-order valence-electron chi connectivity index (χ4n) is 1.61. The van der Waals surface area contributed by atoms with Crippen LogP contribution in [0.3, 0.4) is 0 Å². The van der Waals surface area contributed by atoms with Gasteiger partial charge in [0.05, 0.1) is 5.69 Å². The molecule has 0 aliphatic heterocycles. The second-order valence-corrected chi connectivity index (χ2v) is 4.86. The highest BCUT2D eigenvalue weighted by molar-refractivity contribution is 9.10. The molecule has 2 N–H and O–H groups in total. The summed E-state index contributed by atoms with van der Waals surface area (Å²) in [4.78, 5) is 0. The van der Waals surface area contributed by atoms with Crippen molar-refractivity contribution in [2.75, 3.05) is 5.73 Å². The quantitative estimate of drug-likeness (QED) is 0.926. The summed E-state index contributed by atoms with van der Waals surface area (Å²) in [5.41, 5.74) is 8.31. The number of anilines is 1. The van der Waals surface area contributed by atoms with Crippen molar-refractivity contribution in [3.63, 3.8) is 0 Å². The first-order valence-corrected chi connectivity index (χ1v) is 6.01. The van der Waals surface area contributed by atoms with E-state index in [1.165, 1.54) is 0 Å². The Morgan fingerprint density at radius 2 is 2.06 bits per heavy atom. The van der Waals surface area contributed by atoms with Gasteiger partial charge in [0.25, 0.3) is 0 Å². The van der Waals surface area contributed by atoms with E-state index in [0.717, 1.165) is 21.5 Å². The van der Waals surface area contributed by atoms with Crippen LogP contribution in [-0.4, -0.2) is 9.78 Å². The molecule has 0 radical (unpaired) electrons. The Labute approximate surface area is 109 Å². The topological polar surface area (TPSA) is 53.1 Å². The van der Waals surface area contributed by atoms with Crippen LogP contribution in [-0.2, 0) is 7.05 Å². The van der Waals surface area contributed by atoms with Gasteiger partial charge in [0, 0.05) is 11.5 Å². The molecule has 0 fully saturated rings. The molecule has 0 aliphatic carbocycles. The summed E-state index contributed by atoms with van der Waals surface area (Å²) in [6.45, 7) is 3.84. The summed E-state index contributed by atoms with van der Waals surface area (Å²) in [6.07, 6.45) is 0. The third-order valence-electron chi connectivity index (χ3n) is 2.56. The summed E-state index contributed by atoms with van der Waals surface area (Å²) in [6, 6.07) is 5.83. The third-order valence-corrected chi connectivity index (χ3v) is 3.05. The van der Waals surface area contributed by atoms with Gasteiger partial charge in [-0.25, -0.2) is 4.68 Å². The molecule has 17 heavy (non-hydrogen) atoms. The number of hydrogen-bond donors (Lipinski definition) is 1. The van der Waals surface area contributed by atoms with Crippen molar-refractivity contribution in [2.24, 2.45) is 7.05 Å².